The van der Waals surface area contributed by atoms with E-state index in [1.165, 1.54) is 11.3 Å². The first-order chi connectivity index (χ1) is 10.2. The fourth-order valence-electron chi connectivity index (χ4n) is 1.46. The second kappa shape index (κ2) is 8.17. The van der Waals surface area contributed by atoms with Gasteiger partial charge in [0.1, 0.15) is 10.8 Å². The monoisotopic (exact) mass is 345 g/mol. The van der Waals surface area contributed by atoms with Gasteiger partial charge in [-0.05, 0) is 30.7 Å². The zero-order valence-electron chi connectivity index (χ0n) is 11.0. The van der Waals surface area contributed by atoms with Crippen molar-refractivity contribution in [3.8, 4) is 5.75 Å². The Balaban J connectivity index is 1.78. The van der Waals surface area contributed by atoms with Crippen LogP contribution in [0.2, 0.25) is 5.02 Å². The molecule has 0 saturated carbocycles. The lowest BCUT2D eigenvalue weighted by molar-refractivity contribution is -0.118. The molecular weight excluding hydrogens is 333 g/mol. The molecule has 0 saturated heterocycles. The van der Waals surface area contributed by atoms with E-state index in [1.807, 2.05) is 0 Å². The number of rotatable bonds is 7. The van der Waals surface area contributed by atoms with Gasteiger partial charge in [-0.3, -0.25) is 10.1 Å². The Bertz CT molecular complexity index is 589. The first-order valence-corrected chi connectivity index (χ1v) is 7.97. The van der Waals surface area contributed by atoms with E-state index in [1.54, 1.807) is 24.3 Å². The van der Waals surface area contributed by atoms with Crippen LogP contribution in [0.4, 0.5) is 5.13 Å². The fraction of sp³-hybridized carbons (Fsp3) is 0.308. The Kier molecular flexibility index (Phi) is 6.22. The van der Waals surface area contributed by atoms with Crippen LogP contribution < -0.4 is 10.1 Å². The molecule has 0 bridgehead atoms. The molecule has 2 aromatic rings. The first-order valence-electron chi connectivity index (χ1n) is 6.24. The highest BCUT2D eigenvalue weighted by atomic mass is 35.5. The molecule has 0 fully saturated rings. The number of halogens is 2. The molecule has 1 heterocycles. The zero-order chi connectivity index (χ0) is 15.1. The molecule has 1 aromatic heterocycles. The molecule has 0 atom stereocenters. The number of nitrogens with one attached hydrogen (secondary N) is 1. The van der Waals surface area contributed by atoms with Gasteiger partial charge in [-0.1, -0.05) is 22.9 Å². The highest BCUT2D eigenvalue weighted by molar-refractivity contribution is 7.15. The lowest BCUT2D eigenvalue weighted by Gasteiger charge is -2.05. The number of hydrogen-bond donors (Lipinski definition) is 1. The standard InChI is InChI=1S/C13H13Cl2N3O2S/c14-7-1-2-12-17-18-13(21-12)16-11(19)8-20-10-5-3-9(15)4-6-10/h3-6H,1-2,7-8H2,(H,16,18,19). The van der Waals surface area contributed by atoms with Crippen LogP contribution in [-0.2, 0) is 11.2 Å². The Labute approximate surface area is 136 Å². The number of anilines is 1. The average molecular weight is 346 g/mol. The van der Waals surface area contributed by atoms with E-state index in [-0.39, 0.29) is 12.5 Å². The van der Waals surface area contributed by atoms with Crippen LogP contribution in [0.15, 0.2) is 24.3 Å². The van der Waals surface area contributed by atoms with Crippen LogP contribution >= 0.6 is 34.5 Å². The summed E-state index contributed by atoms with van der Waals surface area (Å²) in [6.07, 6.45) is 1.60. The molecule has 21 heavy (non-hydrogen) atoms. The van der Waals surface area contributed by atoms with Crippen molar-refractivity contribution in [2.75, 3.05) is 17.8 Å². The lowest BCUT2D eigenvalue weighted by Crippen LogP contribution is -2.20. The molecule has 5 nitrogen and oxygen atoms in total. The summed E-state index contributed by atoms with van der Waals surface area (Å²) in [4.78, 5) is 11.7. The minimum absolute atomic E-state index is 0.0990. The maximum absolute atomic E-state index is 11.7. The number of aromatic nitrogens is 2. The number of ether oxygens (including phenoxy) is 1. The van der Waals surface area contributed by atoms with Gasteiger partial charge in [0, 0.05) is 17.3 Å². The van der Waals surface area contributed by atoms with Crippen molar-refractivity contribution in [1.29, 1.82) is 0 Å². The number of alkyl halides is 1. The molecule has 0 aliphatic heterocycles. The topological polar surface area (TPSA) is 64.1 Å². The summed E-state index contributed by atoms with van der Waals surface area (Å²) in [6, 6.07) is 6.79. The van der Waals surface area contributed by atoms with Gasteiger partial charge in [0.2, 0.25) is 5.13 Å². The number of benzene rings is 1. The third-order valence-electron chi connectivity index (χ3n) is 2.42. The normalized spacial score (nSPS) is 10.4. The van der Waals surface area contributed by atoms with Crippen molar-refractivity contribution in [3.63, 3.8) is 0 Å². The Morgan fingerprint density at radius 1 is 1.29 bits per heavy atom. The summed E-state index contributed by atoms with van der Waals surface area (Å²) in [7, 11) is 0. The van der Waals surface area contributed by atoms with Gasteiger partial charge in [0.05, 0.1) is 0 Å². The first kappa shape index (κ1) is 16.0. The van der Waals surface area contributed by atoms with Crippen LogP contribution in [0, 0.1) is 0 Å². The third kappa shape index (κ3) is 5.49. The zero-order valence-corrected chi connectivity index (χ0v) is 13.3. The van der Waals surface area contributed by atoms with Gasteiger partial charge in [-0.25, -0.2) is 0 Å². The minimum Gasteiger partial charge on any atom is -0.484 e. The summed E-state index contributed by atoms with van der Waals surface area (Å²) < 4.78 is 5.34. The SMILES string of the molecule is O=C(COc1ccc(Cl)cc1)Nc1nnc(CCCCl)s1. The van der Waals surface area contributed by atoms with E-state index in [9.17, 15) is 4.79 Å². The summed E-state index contributed by atoms with van der Waals surface area (Å²) in [6.45, 7) is -0.0990. The summed E-state index contributed by atoms with van der Waals surface area (Å²) >= 11 is 12.7. The predicted octanol–water partition coefficient (Wildman–Crippen LogP) is 3.38. The van der Waals surface area contributed by atoms with E-state index < -0.39 is 0 Å². The van der Waals surface area contributed by atoms with E-state index in [0.717, 1.165) is 17.8 Å². The van der Waals surface area contributed by atoms with Crippen molar-refractivity contribution in [2.24, 2.45) is 0 Å². The van der Waals surface area contributed by atoms with Gasteiger partial charge >= 0.3 is 0 Å². The lowest BCUT2D eigenvalue weighted by atomic mass is 10.3. The smallest absolute Gasteiger partial charge is 0.264 e. The molecule has 1 N–H and O–H groups in total. The van der Waals surface area contributed by atoms with Crippen molar-refractivity contribution in [3.05, 3.63) is 34.3 Å². The Morgan fingerprint density at radius 2 is 2.05 bits per heavy atom. The van der Waals surface area contributed by atoms with Crippen LogP contribution in [0.5, 0.6) is 5.75 Å². The number of carbonyl (C=O) groups excluding carboxylic acids is 1. The largest absolute Gasteiger partial charge is 0.484 e. The maximum Gasteiger partial charge on any atom is 0.264 e. The van der Waals surface area contributed by atoms with Gasteiger partial charge in [-0.15, -0.1) is 21.8 Å². The molecule has 112 valence electrons. The number of nitrogens with zero attached hydrogens (tertiary/aromatic N) is 2. The summed E-state index contributed by atoms with van der Waals surface area (Å²) in [5, 5.41) is 12.4. The molecule has 0 aliphatic carbocycles. The molecule has 0 spiro atoms. The molecule has 0 unspecified atom stereocenters. The summed E-state index contributed by atoms with van der Waals surface area (Å²) in [5.41, 5.74) is 0. The number of amides is 1. The van der Waals surface area contributed by atoms with Crippen LogP contribution in [0.25, 0.3) is 0 Å². The maximum atomic E-state index is 11.7. The predicted molar refractivity (Wildman–Crippen MR) is 84.5 cm³/mol. The average Bonchev–Trinajstić information content (AvgIpc) is 2.92. The van der Waals surface area contributed by atoms with E-state index in [2.05, 4.69) is 15.5 Å². The molecule has 2 rings (SSSR count). The highest BCUT2D eigenvalue weighted by Gasteiger charge is 2.08. The molecular formula is C13H13Cl2N3O2S. The number of carbonyl (C=O) groups is 1. The third-order valence-corrected chi connectivity index (χ3v) is 3.84. The molecule has 8 heteroatoms. The van der Waals surface area contributed by atoms with Gasteiger partial charge in [-0.2, -0.15) is 0 Å². The van der Waals surface area contributed by atoms with Crippen molar-refractivity contribution >= 4 is 45.6 Å². The Hall–Kier alpha value is -1.37. The van der Waals surface area contributed by atoms with Gasteiger partial charge < -0.3 is 4.74 Å². The van der Waals surface area contributed by atoms with Crippen LogP contribution in [-0.4, -0.2) is 28.6 Å². The molecule has 1 amide bonds. The van der Waals surface area contributed by atoms with Crippen molar-refractivity contribution in [1.82, 2.24) is 10.2 Å². The molecule has 0 radical (unpaired) electrons. The highest BCUT2D eigenvalue weighted by Crippen LogP contribution is 2.17. The van der Waals surface area contributed by atoms with E-state index in [0.29, 0.717) is 21.8 Å². The van der Waals surface area contributed by atoms with Crippen LogP contribution in [0.3, 0.4) is 0 Å². The minimum atomic E-state index is -0.287. The van der Waals surface area contributed by atoms with Crippen molar-refractivity contribution < 1.29 is 9.53 Å². The second-order valence-corrected chi connectivity index (χ2v) is 5.96. The Morgan fingerprint density at radius 3 is 2.76 bits per heavy atom. The van der Waals surface area contributed by atoms with Gasteiger partial charge in [0.15, 0.2) is 6.61 Å². The van der Waals surface area contributed by atoms with Gasteiger partial charge in [0.25, 0.3) is 5.91 Å². The fourth-order valence-corrected chi connectivity index (χ4v) is 2.52. The van der Waals surface area contributed by atoms with E-state index >= 15 is 0 Å². The summed E-state index contributed by atoms with van der Waals surface area (Å²) in [5.74, 6) is 0.871. The molecule has 1 aromatic carbocycles. The van der Waals surface area contributed by atoms with Crippen molar-refractivity contribution in [2.45, 2.75) is 12.8 Å². The van der Waals surface area contributed by atoms with Crippen LogP contribution in [0.1, 0.15) is 11.4 Å². The van der Waals surface area contributed by atoms with E-state index in [4.69, 9.17) is 27.9 Å². The quantitative estimate of drug-likeness (QED) is 0.781. The number of aryl methyl sites for hydroxylation is 1. The second-order valence-electron chi connectivity index (χ2n) is 4.08. The number of hydrogen-bond acceptors (Lipinski definition) is 5. The molecule has 0 aliphatic rings.